The third-order valence-electron chi connectivity index (χ3n) is 2.71. The highest BCUT2D eigenvalue weighted by atomic mass is 79.9. The number of hydrogen-bond donors (Lipinski definition) is 2. The zero-order valence-corrected chi connectivity index (χ0v) is 12.6. The van der Waals surface area contributed by atoms with Crippen molar-refractivity contribution in [3.05, 3.63) is 40.6 Å². The van der Waals surface area contributed by atoms with E-state index in [0.29, 0.717) is 17.2 Å². The Bertz CT molecular complexity index is 635. The van der Waals surface area contributed by atoms with Crippen molar-refractivity contribution in [2.24, 2.45) is 0 Å². The summed E-state index contributed by atoms with van der Waals surface area (Å²) in [6.07, 6.45) is 0. The summed E-state index contributed by atoms with van der Waals surface area (Å²) in [6.45, 7) is 0. The monoisotopic (exact) mass is 340 g/mol. The maximum absolute atomic E-state index is 13.9. The number of halogens is 2. The topological polar surface area (TPSA) is 56.5 Å². The second-order valence-electron chi connectivity index (χ2n) is 4.08. The molecule has 0 spiro atoms. The van der Waals surface area contributed by atoms with Gasteiger partial charge in [-0.15, -0.1) is 0 Å². The summed E-state index contributed by atoms with van der Waals surface area (Å²) in [5.74, 6) is 0.614. The molecule has 6 heteroatoms. The summed E-state index contributed by atoms with van der Waals surface area (Å²) < 4.78 is 25.0. The van der Waals surface area contributed by atoms with Crippen LogP contribution in [0.25, 0.3) is 0 Å². The number of benzene rings is 2. The van der Waals surface area contributed by atoms with Crippen molar-refractivity contribution < 1.29 is 13.9 Å². The van der Waals surface area contributed by atoms with Gasteiger partial charge in [0.05, 0.1) is 25.6 Å². The van der Waals surface area contributed by atoms with Crippen LogP contribution in [0.4, 0.5) is 21.5 Å². The number of ether oxygens (including phenoxy) is 2. The summed E-state index contributed by atoms with van der Waals surface area (Å²) in [6, 6.07) is 8.11. The molecule has 0 unspecified atom stereocenters. The maximum Gasteiger partial charge on any atom is 0.148 e. The van der Waals surface area contributed by atoms with Crippen molar-refractivity contribution >= 4 is 33.0 Å². The first-order chi connectivity index (χ1) is 9.53. The molecule has 0 aromatic heterocycles. The second kappa shape index (κ2) is 6.00. The highest BCUT2D eigenvalue weighted by molar-refractivity contribution is 9.10. The standard InChI is InChI=1S/C14H14BrFN2O2/c1-19-10-4-8(15)3-9(5-10)18-13-7-14(20-2)12(17)6-11(13)16/h3-7,18H,17H2,1-2H3. The van der Waals surface area contributed by atoms with Gasteiger partial charge in [0.15, 0.2) is 0 Å². The van der Waals surface area contributed by atoms with Crippen LogP contribution in [0.1, 0.15) is 0 Å². The molecule has 0 heterocycles. The first-order valence-corrected chi connectivity index (χ1v) is 6.57. The van der Waals surface area contributed by atoms with Crippen LogP contribution in [0.3, 0.4) is 0 Å². The Hall–Kier alpha value is -1.95. The third kappa shape index (κ3) is 3.14. The average Bonchev–Trinajstić information content (AvgIpc) is 2.41. The Labute approximate surface area is 124 Å². The summed E-state index contributed by atoms with van der Waals surface area (Å²) in [5, 5.41) is 2.97. The minimum Gasteiger partial charge on any atom is -0.497 e. The van der Waals surface area contributed by atoms with Crippen LogP contribution in [-0.4, -0.2) is 14.2 Å². The van der Waals surface area contributed by atoms with Crippen molar-refractivity contribution in [1.82, 2.24) is 0 Å². The fourth-order valence-electron chi connectivity index (χ4n) is 1.75. The normalized spacial score (nSPS) is 10.2. The minimum atomic E-state index is -0.456. The lowest BCUT2D eigenvalue weighted by Gasteiger charge is -2.12. The summed E-state index contributed by atoms with van der Waals surface area (Å²) >= 11 is 3.37. The van der Waals surface area contributed by atoms with Gasteiger partial charge in [0.2, 0.25) is 0 Å². The Morgan fingerprint density at radius 2 is 1.85 bits per heavy atom. The van der Waals surface area contributed by atoms with Crippen molar-refractivity contribution in [2.75, 3.05) is 25.3 Å². The Balaban J connectivity index is 2.36. The third-order valence-corrected chi connectivity index (χ3v) is 3.16. The van der Waals surface area contributed by atoms with Gasteiger partial charge >= 0.3 is 0 Å². The van der Waals surface area contributed by atoms with Crippen molar-refractivity contribution in [2.45, 2.75) is 0 Å². The molecule has 0 atom stereocenters. The van der Waals surface area contributed by atoms with Gasteiger partial charge in [0.1, 0.15) is 17.3 Å². The molecule has 3 N–H and O–H groups in total. The van der Waals surface area contributed by atoms with Crippen LogP contribution in [0.15, 0.2) is 34.8 Å². The molecule has 0 amide bonds. The molecule has 20 heavy (non-hydrogen) atoms. The highest BCUT2D eigenvalue weighted by Gasteiger charge is 2.09. The van der Waals surface area contributed by atoms with E-state index in [1.165, 1.54) is 19.2 Å². The fourth-order valence-corrected chi connectivity index (χ4v) is 2.22. The second-order valence-corrected chi connectivity index (χ2v) is 4.99. The molecule has 0 saturated heterocycles. The zero-order chi connectivity index (χ0) is 14.7. The molecular formula is C14H14BrFN2O2. The quantitative estimate of drug-likeness (QED) is 0.828. The minimum absolute atomic E-state index is 0.252. The molecule has 106 valence electrons. The van der Waals surface area contributed by atoms with E-state index in [1.807, 2.05) is 12.1 Å². The van der Waals surface area contributed by atoms with E-state index < -0.39 is 5.82 Å². The molecule has 0 aliphatic rings. The lowest BCUT2D eigenvalue weighted by atomic mass is 10.2. The molecular weight excluding hydrogens is 327 g/mol. The van der Waals surface area contributed by atoms with Crippen LogP contribution in [-0.2, 0) is 0 Å². The molecule has 0 aliphatic carbocycles. The van der Waals surface area contributed by atoms with Crippen molar-refractivity contribution in [1.29, 1.82) is 0 Å². The number of nitrogens with one attached hydrogen (secondary N) is 1. The van der Waals surface area contributed by atoms with Gasteiger partial charge in [-0.25, -0.2) is 4.39 Å². The van der Waals surface area contributed by atoms with Gasteiger partial charge in [0.25, 0.3) is 0 Å². The van der Waals surface area contributed by atoms with E-state index in [1.54, 1.807) is 13.2 Å². The zero-order valence-electron chi connectivity index (χ0n) is 11.0. The predicted octanol–water partition coefficient (Wildman–Crippen LogP) is 3.93. The maximum atomic E-state index is 13.9. The highest BCUT2D eigenvalue weighted by Crippen LogP contribution is 2.32. The van der Waals surface area contributed by atoms with Crippen LogP contribution < -0.4 is 20.5 Å². The number of rotatable bonds is 4. The number of nitrogens with two attached hydrogens (primary N) is 1. The van der Waals surface area contributed by atoms with E-state index >= 15 is 0 Å². The lowest BCUT2D eigenvalue weighted by Crippen LogP contribution is -1.99. The summed E-state index contributed by atoms with van der Waals surface area (Å²) in [7, 11) is 3.05. The molecule has 4 nitrogen and oxygen atoms in total. The Morgan fingerprint density at radius 1 is 1.10 bits per heavy atom. The van der Waals surface area contributed by atoms with Gasteiger partial charge in [-0.2, -0.15) is 0 Å². The van der Waals surface area contributed by atoms with E-state index in [9.17, 15) is 4.39 Å². The van der Waals surface area contributed by atoms with Gasteiger partial charge < -0.3 is 20.5 Å². The van der Waals surface area contributed by atoms with Gasteiger partial charge in [-0.1, -0.05) is 15.9 Å². The molecule has 0 fully saturated rings. The first-order valence-electron chi connectivity index (χ1n) is 5.78. The lowest BCUT2D eigenvalue weighted by molar-refractivity contribution is 0.414. The van der Waals surface area contributed by atoms with Crippen molar-refractivity contribution in [3.8, 4) is 11.5 Å². The van der Waals surface area contributed by atoms with Gasteiger partial charge in [0, 0.05) is 28.4 Å². The largest absolute Gasteiger partial charge is 0.497 e. The SMILES string of the molecule is COc1cc(Br)cc(Nc2cc(OC)c(N)cc2F)c1. The molecule has 2 aromatic rings. The van der Waals surface area contributed by atoms with Crippen LogP contribution in [0, 0.1) is 5.82 Å². The van der Waals surface area contributed by atoms with Gasteiger partial charge in [-0.3, -0.25) is 0 Å². The van der Waals surface area contributed by atoms with Crippen LogP contribution in [0.5, 0.6) is 11.5 Å². The predicted molar refractivity (Wildman–Crippen MR) is 81.3 cm³/mol. The molecule has 0 radical (unpaired) electrons. The van der Waals surface area contributed by atoms with E-state index in [-0.39, 0.29) is 11.4 Å². The Kier molecular flexibility index (Phi) is 4.34. The number of nitrogen functional groups attached to an aromatic ring is 1. The number of anilines is 3. The molecule has 0 saturated carbocycles. The average molecular weight is 341 g/mol. The van der Waals surface area contributed by atoms with E-state index in [2.05, 4.69) is 21.2 Å². The van der Waals surface area contributed by atoms with Crippen molar-refractivity contribution in [3.63, 3.8) is 0 Å². The number of hydrogen-bond acceptors (Lipinski definition) is 4. The summed E-state index contributed by atoms with van der Waals surface area (Å²) in [5.41, 5.74) is 6.85. The molecule has 2 rings (SSSR count). The van der Waals surface area contributed by atoms with E-state index in [0.717, 1.165) is 4.47 Å². The van der Waals surface area contributed by atoms with Gasteiger partial charge in [-0.05, 0) is 12.1 Å². The Morgan fingerprint density at radius 3 is 2.50 bits per heavy atom. The molecule has 0 aliphatic heterocycles. The molecule has 0 bridgehead atoms. The van der Waals surface area contributed by atoms with Crippen LogP contribution >= 0.6 is 15.9 Å². The van der Waals surface area contributed by atoms with Crippen LogP contribution in [0.2, 0.25) is 0 Å². The molecule has 2 aromatic carbocycles. The summed E-state index contributed by atoms with van der Waals surface area (Å²) in [4.78, 5) is 0. The van der Waals surface area contributed by atoms with E-state index in [4.69, 9.17) is 15.2 Å². The first kappa shape index (κ1) is 14.5. The number of methoxy groups -OCH3 is 2. The fraction of sp³-hybridized carbons (Fsp3) is 0.143. The smallest absolute Gasteiger partial charge is 0.148 e.